The summed E-state index contributed by atoms with van der Waals surface area (Å²) >= 11 is 0. The number of fused-ring (bicyclic) bond motifs is 1. The van der Waals surface area contributed by atoms with Gasteiger partial charge in [0.25, 0.3) is 5.91 Å². The summed E-state index contributed by atoms with van der Waals surface area (Å²) < 4.78 is 47.1. The van der Waals surface area contributed by atoms with Crippen molar-refractivity contribution in [3.8, 4) is 0 Å². The molecule has 0 spiro atoms. The fraction of sp³-hybridized carbons (Fsp3) is 0.333. The fourth-order valence-electron chi connectivity index (χ4n) is 3.24. The number of carbonyl (C=O) groups is 2. The van der Waals surface area contributed by atoms with E-state index in [9.17, 15) is 22.8 Å². The first-order valence-corrected chi connectivity index (χ1v) is 11.6. The first-order valence-electron chi connectivity index (χ1n) is 11.6. The number of H-pyrrole nitrogens is 1. The molecule has 2 aromatic carbocycles. The van der Waals surface area contributed by atoms with Crippen LogP contribution in [-0.2, 0) is 9.53 Å². The summed E-state index contributed by atoms with van der Waals surface area (Å²) in [5.74, 6) is -5.51. The molecule has 0 fully saturated rings. The second-order valence-corrected chi connectivity index (χ2v) is 8.22. The molecular formula is C27H31F3N2O3. The average Bonchev–Trinajstić information content (AvgIpc) is 3.19. The number of ether oxygens (including phenoxy) is 1. The summed E-state index contributed by atoms with van der Waals surface area (Å²) in [6.07, 6.45) is 2.47. The Hall–Kier alpha value is -3.55. The van der Waals surface area contributed by atoms with Crippen molar-refractivity contribution in [2.45, 2.75) is 53.6 Å². The molecule has 1 heterocycles. The number of aromatic nitrogens is 1. The SMILES string of the molecule is CCC.CCCN(/C=C(/C(=O)OC(C)C)c1cc2ccccc2[nH]1)C(=O)c1c(F)cc(F)cc1F. The first-order chi connectivity index (χ1) is 16.6. The van der Waals surface area contributed by atoms with E-state index in [0.717, 1.165) is 15.8 Å². The van der Waals surface area contributed by atoms with E-state index in [4.69, 9.17) is 4.74 Å². The highest BCUT2D eigenvalue weighted by Gasteiger charge is 2.26. The molecule has 0 aliphatic heterocycles. The molecule has 8 heteroatoms. The summed E-state index contributed by atoms with van der Waals surface area (Å²) in [7, 11) is 0. The normalized spacial score (nSPS) is 11.3. The lowest BCUT2D eigenvalue weighted by molar-refractivity contribution is -0.140. The van der Waals surface area contributed by atoms with E-state index in [2.05, 4.69) is 18.8 Å². The molecule has 0 radical (unpaired) electrons. The summed E-state index contributed by atoms with van der Waals surface area (Å²) in [5, 5.41) is 0.828. The van der Waals surface area contributed by atoms with Crippen LogP contribution < -0.4 is 0 Å². The number of esters is 1. The second-order valence-electron chi connectivity index (χ2n) is 8.22. The Kier molecular flexibility index (Phi) is 10.1. The third-order valence-electron chi connectivity index (χ3n) is 4.61. The Morgan fingerprint density at radius 2 is 1.63 bits per heavy atom. The molecule has 3 aromatic rings. The molecule has 1 aromatic heterocycles. The largest absolute Gasteiger partial charge is 0.459 e. The van der Waals surface area contributed by atoms with Gasteiger partial charge in [-0.3, -0.25) is 4.79 Å². The van der Waals surface area contributed by atoms with Crippen molar-refractivity contribution in [2.24, 2.45) is 0 Å². The van der Waals surface area contributed by atoms with E-state index < -0.39 is 41.0 Å². The fourth-order valence-corrected chi connectivity index (χ4v) is 3.24. The zero-order valence-electron chi connectivity index (χ0n) is 20.6. The number of nitrogens with one attached hydrogen (secondary N) is 1. The van der Waals surface area contributed by atoms with Crippen LogP contribution in [0.2, 0.25) is 0 Å². The minimum absolute atomic E-state index is 0.0135. The van der Waals surface area contributed by atoms with Crippen LogP contribution in [0.25, 0.3) is 16.5 Å². The van der Waals surface area contributed by atoms with Crippen molar-refractivity contribution in [3.63, 3.8) is 0 Å². The van der Waals surface area contributed by atoms with Crippen molar-refractivity contribution in [2.75, 3.05) is 6.54 Å². The quantitative estimate of drug-likeness (QED) is 0.292. The standard InChI is InChI=1S/C24H23F3N2O3.C3H8/c1-4-9-29(23(30)22-18(26)11-16(25)12-19(22)27)13-17(24(31)32-14(2)3)21-10-15-7-5-6-8-20(15)28-21;1-3-2/h5-8,10-14,28H,4,9H2,1-3H3;3H2,1-2H3/b17-13+;. The Bertz CT molecular complexity index is 1150. The van der Waals surface area contributed by atoms with Crippen LogP contribution in [0.4, 0.5) is 13.2 Å². The van der Waals surface area contributed by atoms with Crippen molar-refractivity contribution in [1.82, 2.24) is 9.88 Å². The molecule has 1 N–H and O–H groups in total. The smallest absolute Gasteiger partial charge is 0.342 e. The molecule has 0 aliphatic rings. The van der Waals surface area contributed by atoms with Crippen LogP contribution >= 0.6 is 0 Å². The van der Waals surface area contributed by atoms with E-state index in [1.165, 1.54) is 12.6 Å². The van der Waals surface area contributed by atoms with Crippen LogP contribution in [0.1, 0.15) is 63.5 Å². The number of aromatic amines is 1. The number of halogens is 3. The predicted molar refractivity (Wildman–Crippen MR) is 131 cm³/mol. The second kappa shape index (κ2) is 12.8. The topological polar surface area (TPSA) is 62.4 Å². The van der Waals surface area contributed by atoms with Gasteiger partial charge in [-0.05, 0) is 32.4 Å². The van der Waals surface area contributed by atoms with Gasteiger partial charge in [0, 0.05) is 35.8 Å². The number of para-hydroxylation sites is 1. The number of amides is 1. The van der Waals surface area contributed by atoms with Crippen molar-refractivity contribution >= 4 is 28.4 Å². The van der Waals surface area contributed by atoms with Crippen LogP contribution in [0, 0.1) is 17.5 Å². The van der Waals surface area contributed by atoms with Gasteiger partial charge in [-0.2, -0.15) is 0 Å². The molecule has 1 amide bonds. The lowest BCUT2D eigenvalue weighted by Crippen LogP contribution is -2.30. The number of rotatable bonds is 7. The Morgan fingerprint density at radius 3 is 2.17 bits per heavy atom. The van der Waals surface area contributed by atoms with E-state index >= 15 is 0 Å². The van der Waals surface area contributed by atoms with Gasteiger partial charge in [-0.25, -0.2) is 18.0 Å². The molecule has 0 atom stereocenters. The van der Waals surface area contributed by atoms with Crippen LogP contribution in [0.5, 0.6) is 0 Å². The van der Waals surface area contributed by atoms with Gasteiger partial charge in [0.15, 0.2) is 0 Å². The summed E-state index contributed by atoms with van der Waals surface area (Å²) in [6.45, 7) is 9.44. The molecule has 0 unspecified atom stereocenters. The predicted octanol–water partition coefficient (Wildman–Crippen LogP) is 6.85. The van der Waals surface area contributed by atoms with Gasteiger partial charge in [0.05, 0.1) is 17.4 Å². The van der Waals surface area contributed by atoms with E-state index in [0.29, 0.717) is 24.2 Å². The van der Waals surface area contributed by atoms with Gasteiger partial charge in [-0.15, -0.1) is 0 Å². The van der Waals surface area contributed by atoms with Crippen LogP contribution in [-0.4, -0.2) is 34.4 Å². The number of hydrogen-bond donors (Lipinski definition) is 1. The lowest BCUT2D eigenvalue weighted by atomic mass is 10.1. The number of benzene rings is 2. The van der Waals surface area contributed by atoms with Gasteiger partial charge < -0.3 is 14.6 Å². The Labute approximate surface area is 203 Å². The lowest BCUT2D eigenvalue weighted by Gasteiger charge is -2.20. The summed E-state index contributed by atoms with van der Waals surface area (Å²) in [4.78, 5) is 30.0. The zero-order chi connectivity index (χ0) is 26.1. The number of hydrogen-bond acceptors (Lipinski definition) is 3. The van der Waals surface area contributed by atoms with Gasteiger partial charge in [0.1, 0.15) is 23.0 Å². The van der Waals surface area contributed by atoms with Gasteiger partial charge >= 0.3 is 5.97 Å². The monoisotopic (exact) mass is 488 g/mol. The van der Waals surface area contributed by atoms with E-state index in [1.807, 2.05) is 24.3 Å². The number of nitrogens with zero attached hydrogens (tertiary/aromatic N) is 1. The maximum Gasteiger partial charge on any atom is 0.342 e. The summed E-state index contributed by atoms with van der Waals surface area (Å²) in [6, 6.07) is 9.93. The third-order valence-corrected chi connectivity index (χ3v) is 4.61. The van der Waals surface area contributed by atoms with E-state index in [-0.39, 0.29) is 12.1 Å². The van der Waals surface area contributed by atoms with Crippen molar-refractivity contribution < 1.29 is 27.5 Å². The minimum Gasteiger partial charge on any atom is -0.459 e. The molecule has 0 saturated carbocycles. The highest BCUT2D eigenvalue weighted by Crippen LogP contribution is 2.24. The first kappa shape index (κ1) is 27.7. The summed E-state index contributed by atoms with van der Waals surface area (Å²) in [5.41, 5.74) is 0.254. The van der Waals surface area contributed by atoms with Crippen LogP contribution in [0.3, 0.4) is 0 Å². The molecule has 35 heavy (non-hydrogen) atoms. The van der Waals surface area contributed by atoms with Crippen molar-refractivity contribution in [3.05, 3.63) is 77.4 Å². The molecule has 0 saturated heterocycles. The maximum atomic E-state index is 14.2. The van der Waals surface area contributed by atoms with E-state index in [1.54, 1.807) is 26.8 Å². The van der Waals surface area contributed by atoms with Crippen molar-refractivity contribution in [1.29, 1.82) is 0 Å². The molecule has 0 bridgehead atoms. The average molecular weight is 489 g/mol. The molecular weight excluding hydrogens is 457 g/mol. The zero-order valence-corrected chi connectivity index (χ0v) is 20.6. The minimum atomic E-state index is -1.32. The number of carbonyl (C=O) groups excluding carboxylic acids is 2. The van der Waals surface area contributed by atoms with Gasteiger partial charge in [-0.1, -0.05) is 45.4 Å². The molecule has 3 rings (SSSR count). The Morgan fingerprint density at radius 1 is 1.03 bits per heavy atom. The van der Waals surface area contributed by atoms with Crippen LogP contribution in [0.15, 0.2) is 48.7 Å². The van der Waals surface area contributed by atoms with Gasteiger partial charge in [0.2, 0.25) is 0 Å². The Balaban J connectivity index is 0.00000137. The highest BCUT2D eigenvalue weighted by atomic mass is 19.1. The molecule has 188 valence electrons. The molecule has 0 aliphatic carbocycles. The molecule has 5 nitrogen and oxygen atoms in total. The maximum absolute atomic E-state index is 14.2. The third kappa shape index (κ3) is 7.21. The highest BCUT2D eigenvalue weighted by molar-refractivity contribution is 6.17.